The lowest BCUT2D eigenvalue weighted by molar-refractivity contribution is -0.146. The number of hydrogen-bond donors (Lipinski definition) is 0. The molecule has 0 saturated carbocycles. The summed E-state index contributed by atoms with van der Waals surface area (Å²) in [7, 11) is 0. The van der Waals surface area contributed by atoms with Gasteiger partial charge < -0.3 is 4.74 Å². The van der Waals surface area contributed by atoms with E-state index in [-0.39, 0.29) is 5.75 Å². The number of halogens is 3. The zero-order chi connectivity index (χ0) is 11.4. The Morgan fingerprint density at radius 2 is 2.20 bits per heavy atom. The zero-order valence-electron chi connectivity index (χ0n) is 7.97. The van der Waals surface area contributed by atoms with Gasteiger partial charge in [0.05, 0.1) is 0 Å². The van der Waals surface area contributed by atoms with E-state index in [1.807, 2.05) is 6.92 Å². The normalized spacial score (nSPS) is 10.5. The van der Waals surface area contributed by atoms with E-state index in [0.717, 1.165) is 16.5 Å². The highest BCUT2D eigenvalue weighted by atomic mass is 79.9. The third kappa shape index (κ3) is 3.27. The van der Waals surface area contributed by atoms with Gasteiger partial charge >= 0.3 is 12.4 Å². The molecule has 0 aliphatic carbocycles. The lowest BCUT2D eigenvalue weighted by Gasteiger charge is -2.06. The Morgan fingerprint density at radius 3 is 2.67 bits per heavy atom. The summed E-state index contributed by atoms with van der Waals surface area (Å²) < 4.78 is 28.9. The van der Waals surface area contributed by atoms with Crippen LogP contribution < -0.4 is 4.74 Å². The Hall–Kier alpha value is -0.970. The molecule has 0 radical (unpaired) electrons. The monoisotopic (exact) mass is 278 g/mol. The Bertz CT molecular complexity index is 366. The van der Waals surface area contributed by atoms with E-state index >= 15 is 0 Å². The van der Waals surface area contributed by atoms with Crippen LogP contribution in [0.5, 0.6) is 5.75 Å². The van der Waals surface area contributed by atoms with Crippen LogP contribution in [0.25, 0.3) is 0 Å². The second-order valence-corrected chi connectivity index (χ2v) is 3.68. The van der Waals surface area contributed by atoms with Crippen molar-refractivity contribution in [1.29, 1.82) is 0 Å². The summed E-state index contributed by atoms with van der Waals surface area (Å²) in [4.78, 5) is 10.6. The van der Waals surface area contributed by atoms with Crippen molar-refractivity contribution < 1.29 is 18.3 Å². The zero-order valence-corrected chi connectivity index (χ0v) is 9.55. The third-order valence-electron chi connectivity index (χ3n) is 1.80. The summed E-state index contributed by atoms with van der Waals surface area (Å²) in [5.74, 6) is -1.42. The molecule has 1 aromatic carbocycles. The molecule has 5 heteroatoms. The number of benzene rings is 1. The van der Waals surface area contributed by atoms with Crippen molar-refractivity contribution in [2.45, 2.75) is 19.8 Å². The fourth-order valence-electron chi connectivity index (χ4n) is 1.04. The maximum absolute atomic E-state index is 11.9. The molecule has 0 aliphatic rings. The first-order valence-electron chi connectivity index (χ1n) is 4.33. The molecule has 0 bridgehead atoms. The molecule has 0 unspecified atom stereocenters. The lowest BCUT2D eigenvalue weighted by atomic mass is 10.2. The van der Waals surface area contributed by atoms with Crippen LogP contribution in [0.4, 0.5) is 8.78 Å². The SMILES string of the molecule is CCc1ccc(OC(=O)C(F)F)cc1Br. The molecule has 15 heavy (non-hydrogen) atoms. The quantitative estimate of drug-likeness (QED) is 0.627. The Morgan fingerprint density at radius 1 is 1.53 bits per heavy atom. The van der Waals surface area contributed by atoms with E-state index in [1.54, 1.807) is 6.07 Å². The molecule has 0 fully saturated rings. The maximum atomic E-state index is 11.9. The van der Waals surface area contributed by atoms with Crippen LogP contribution in [0.3, 0.4) is 0 Å². The Kier molecular flexibility index (Phi) is 4.20. The average molecular weight is 279 g/mol. The van der Waals surface area contributed by atoms with Crippen LogP contribution in [0.2, 0.25) is 0 Å². The molecule has 82 valence electrons. The molecule has 1 rings (SSSR count). The summed E-state index contributed by atoms with van der Waals surface area (Å²) in [6.45, 7) is 1.96. The van der Waals surface area contributed by atoms with Crippen molar-refractivity contribution in [1.82, 2.24) is 0 Å². The van der Waals surface area contributed by atoms with E-state index in [9.17, 15) is 13.6 Å². The van der Waals surface area contributed by atoms with Crippen LogP contribution >= 0.6 is 15.9 Å². The van der Waals surface area contributed by atoms with Crippen LogP contribution in [-0.4, -0.2) is 12.4 Å². The number of rotatable bonds is 3. The van der Waals surface area contributed by atoms with Crippen molar-refractivity contribution in [2.75, 3.05) is 0 Å². The predicted molar refractivity (Wildman–Crippen MR) is 55.2 cm³/mol. The first-order chi connectivity index (χ1) is 7.04. The first kappa shape index (κ1) is 12.1. The third-order valence-corrected chi connectivity index (χ3v) is 2.54. The molecular weight excluding hydrogens is 270 g/mol. The fraction of sp³-hybridized carbons (Fsp3) is 0.300. The molecule has 0 amide bonds. The first-order valence-corrected chi connectivity index (χ1v) is 5.12. The van der Waals surface area contributed by atoms with Gasteiger partial charge in [0.25, 0.3) is 0 Å². The van der Waals surface area contributed by atoms with Gasteiger partial charge in [-0.25, -0.2) is 4.79 Å². The molecule has 0 saturated heterocycles. The van der Waals surface area contributed by atoms with Gasteiger partial charge in [-0.1, -0.05) is 28.9 Å². The van der Waals surface area contributed by atoms with Crippen LogP contribution in [0.1, 0.15) is 12.5 Å². The molecule has 0 N–H and O–H groups in total. The van der Waals surface area contributed by atoms with Crippen molar-refractivity contribution >= 4 is 21.9 Å². The largest absolute Gasteiger partial charge is 0.422 e. The van der Waals surface area contributed by atoms with Gasteiger partial charge in [0.15, 0.2) is 0 Å². The van der Waals surface area contributed by atoms with Gasteiger partial charge in [0.2, 0.25) is 0 Å². The summed E-state index contributed by atoms with van der Waals surface area (Å²) in [6.07, 6.45) is -2.29. The van der Waals surface area contributed by atoms with Crippen molar-refractivity contribution in [2.24, 2.45) is 0 Å². The smallest absolute Gasteiger partial charge is 0.379 e. The Labute approximate surface area is 94.4 Å². The highest BCUT2D eigenvalue weighted by Crippen LogP contribution is 2.23. The van der Waals surface area contributed by atoms with E-state index in [0.29, 0.717) is 0 Å². The van der Waals surface area contributed by atoms with E-state index in [2.05, 4.69) is 20.7 Å². The minimum absolute atomic E-state index is 0.115. The number of carbonyl (C=O) groups excluding carboxylic acids is 1. The minimum Gasteiger partial charge on any atom is -0.422 e. The molecular formula is C10H9BrF2O2. The van der Waals surface area contributed by atoms with Gasteiger partial charge in [-0.3, -0.25) is 0 Å². The van der Waals surface area contributed by atoms with Gasteiger partial charge in [0, 0.05) is 4.47 Å². The highest BCUT2D eigenvalue weighted by Gasteiger charge is 2.17. The number of hydrogen-bond acceptors (Lipinski definition) is 2. The molecule has 0 atom stereocenters. The number of ether oxygens (including phenoxy) is 1. The number of esters is 1. The van der Waals surface area contributed by atoms with E-state index in [4.69, 9.17) is 0 Å². The maximum Gasteiger partial charge on any atom is 0.379 e. The Balaban J connectivity index is 2.80. The van der Waals surface area contributed by atoms with Crippen LogP contribution in [0, 0.1) is 0 Å². The second kappa shape index (κ2) is 5.21. The summed E-state index contributed by atoms with van der Waals surface area (Å²) in [5.41, 5.74) is 1.02. The summed E-state index contributed by atoms with van der Waals surface area (Å²) in [5, 5.41) is 0. The van der Waals surface area contributed by atoms with Gasteiger partial charge in [-0.05, 0) is 24.1 Å². The minimum atomic E-state index is -3.10. The van der Waals surface area contributed by atoms with Gasteiger partial charge in [-0.15, -0.1) is 0 Å². The van der Waals surface area contributed by atoms with Gasteiger partial charge in [-0.2, -0.15) is 8.78 Å². The standard InChI is InChI=1S/C10H9BrF2O2/c1-2-6-3-4-7(5-8(6)11)15-10(14)9(12)13/h3-5,9H,2H2,1H3. The summed E-state index contributed by atoms with van der Waals surface area (Å²) >= 11 is 3.26. The molecule has 0 spiro atoms. The molecule has 0 aliphatic heterocycles. The van der Waals surface area contributed by atoms with Crippen molar-refractivity contribution in [3.05, 3.63) is 28.2 Å². The number of carbonyl (C=O) groups is 1. The highest BCUT2D eigenvalue weighted by molar-refractivity contribution is 9.10. The number of aryl methyl sites for hydroxylation is 1. The topological polar surface area (TPSA) is 26.3 Å². The fourth-order valence-corrected chi connectivity index (χ4v) is 1.68. The van der Waals surface area contributed by atoms with E-state index < -0.39 is 12.4 Å². The van der Waals surface area contributed by atoms with Crippen LogP contribution in [0.15, 0.2) is 22.7 Å². The number of alkyl halides is 2. The van der Waals surface area contributed by atoms with Crippen molar-refractivity contribution in [3.8, 4) is 5.75 Å². The predicted octanol–water partition coefficient (Wildman–Crippen LogP) is 3.18. The van der Waals surface area contributed by atoms with E-state index in [1.165, 1.54) is 12.1 Å². The molecule has 0 heterocycles. The van der Waals surface area contributed by atoms with Crippen molar-refractivity contribution in [3.63, 3.8) is 0 Å². The molecule has 2 nitrogen and oxygen atoms in total. The average Bonchev–Trinajstić information content (AvgIpc) is 2.18. The lowest BCUT2D eigenvalue weighted by Crippen LogP contribution is -2.17. The van der Waals surface area contributed by atoms with Crippen LogP contribution in [-0.2, 0) is 11.2 Å². The summed E-state index contributed by atoms with van der Waals surface area (Å²) in [6, 6.07) is 4.71. The van der Waals surface area contributed by atoms with Gasteiger partial charge in [0.1, 0.15) is 5.75 Å². The second-order valence-electron chi connectivity index (χ2n) is 2.83. The molecule has 0 aromatic heterocycles. The molecule has 1 aromatic rings.